The van der Waals surface area contributed by atoms with Crippen molar-refractivity contribution < 1.29 is 28.5 Å². The monoisotopic (exact) mass is 538 g/mol. The van der Waals surface area contributed by atoms with Crippen LogP contribution >= 0.6 is 0 Å². The molecule has 1 atom stereocenters. The Morgan fingerprint density at radius 1 is 1.13 bits per heavy atom. The van der Waals surface area contributed by atoms with Crippen LogP contribution in [-0.2, 0) is 27.7 Å². The fourth-order valence-corrected chi connectivity index (χ4v) is 5.63. The van der Waals surface area contributed by atoms with Gasteiger partial charge in [0.15, 0.2) is 17.7 Å². The van der Waals surface area contributed by atoms with E-state index in [-0.39, 0.29) is 17.0 Å². The van der Waals surface area contributed by atoms with E-state index in [9.17, 15) is 14.7 Å². The Labute approximate surface area is 226 Å². The zero-order valence-corrected chi connectivity index (χ0v) is 23.1. The highest BCUT2D eigenvalue weighted by Crippen LogP contribution is 2.43. The van der Waals surface area contributed by atoms with E-state index in [1.165, 1.54) is 10.6 Å². The van der Waals surface area contributed by atoms with E-state index in [4.69, 9.17) is 14.2 Å². The van der Waals surface area contributed by atoms with E-state index in [1.807, 2.05) is 25.1 Å². The fourth-order valence-electron chi connectivity index (χ4n) is 5.63. The first-order valence-corrected chi connectivity index (χ1v) is 13.3. The molecule has 8 nitrogen and oxygen atoms in total. The summed E-state index contributed by atoms with van der Waals surface area (Å²) in [5.41, 5.74) is 2.44. The Hall–Kier alpha value is -3.43. The van der Waals surface area contributed by atoms with E-state index in [1.54, 1.807) is 27.8 Å². The van der Waals surface area contributed by atoms with E-state index in [0.717, 1.165) is 23.2 Å². The molecule has 5 rings (SSSR count). The second kappa shape index (κ2) is 10.3. The molecular weight excluding hydrogens is 503 g/mol. The minimum absolute atomic E-state index is 0.174. The Balaban J connectivity index is 1.86. The summed E-state index contributed by atoms with van der Waals surface area (Å²) in [6.45, 7) is 10.2. The number of ether oxygens (including phenoxy) is 3. The maximum atomic E-state index is 15.5. The molecule has 0 bridgehead atoms. The Morgan fingerprint density at radius 3 is 2.51 bits per heavy atom. The summed E-state index contributed by atoms with van der Waals surface area (Å²) in [6.07, 6.45) is -0.0611. The second-order valence-electron chi connectivity index (χ2n) is 11.2. The second-order valence-corrected chi connectivity index (χ2v) is 11.2. The number of hydrogen-bond donors (Lipinski definition) is 1. The van der Waals surface area contributed by atoms with Crippen molar-refractivity contribution in [3.63, 3.8) is 0 Å². The summed E-state index contributed by atoms with van der Waals surface area (Å²) in [4.78, 5) is 28.6. The minimum atomic E-state index is -1.46. The number of rotatable bonds is 5. The third-order valence-electron chi connectivity index (χ3n) is 7.45. The van der Waals surface area contributed by atoms with Crippen LogP contribution in [0.25, 0.3) is 21.9 Å². The van der Waals surface area contributed by atoms with Crippen molar-refractivity contribution in [2.24, 2.45) is 7.05 Å². The topological polar surface area (TPSA) is 90.2 Å². The largest absolute Gasteiger partial charge is 0.490 e. The molecule has 3 heterocycles. The Bertz CT molecular complexity index is 1500. The zero-order valence-electron chi connectivity index (χ0n) is 23.1. The number of pyridine rings is 1. The van der Waals surface area contributed by atoms with Crippen molar-refractivity contribution in [1.29, 1.82) is 0 Å². The number of carboxylic acid groups (broad SMARTS) is 1. The van der Waals surface area contributed by atoms with Crippen LogP contribution in [0.4, 0.5) is 10.1 Å². The van der Waals surface area contributed by atoms with E-state index < -0.39 is 23.5 Å². The average Bonchev–Trinajstić information content (AvgIpc) is 2.91. The molecule has 2 aliphatic heterocycles. The lowest BCUT2D eigenvalue weighted by Gasteiger charge is -2.31. The summed E-state index contributed by atoms with van der Waals surface area (Å²) in [7, 11) is 1.55. The SMILES string of the molecule is Cc1c(-c2c([C@H](OC(C)(C)C)C(=O)O)n(C)c(=O)c3cc(N4CCOCC4)ccc23)cc(F)c2c1CCCO2. The van der Waals surface area contributed by atoms with Gasteiger partial charge in [-0.1, -0.05) is 6.07 Å². The summed E-state index contributed by atoms with van der Waals surface area (Å²) in [5.74, 6) is -1.50. The van der Waals surface area contributed by atoms with Gasteiger partial charge >= 0.3 is 5.97 Å². The highest BCUT2D eigenvalue weighted by molar-refractivity contribution is 6.01. The fraction of sp³-hybridized carbons (Fsp3) is 0.467. The number of morpholine rings is 1. The van der Waals surface area contributed by atoms with Crippen molar-refractivity contribution in [1.82, 2.24) is 4.57 Å². The van der Waals surface area contributed by atoms with Crippen LogP contribution in [0.15, 0.2) is 29.1 Å². The van der Waals surface area contributed by atoms with Crippen molar-refractivity contribution in [2.45, 2.75) is 52.2 Å². The first-order chi connectivity index (χ1) is 18.5. The average molecular weight is 539 g/mol. The molecule has 1 saturated heterocycles. The Morgan fingerprint density at radius 2 is 1.85 bits per heavy atom. The number of aromatic nitrogens is 1. The molecule has 0 spiro atoms. The molecule has 0 saturated carbocycles. The summed E-state index contributed by atoms with van der Waals surface area (Å²) in [5, 5.41) is 11.3. The molecule has 0 unspecified atom stereocenters. The third-order valence-corrected chi connectivity index (χ3v) is 7.45. The maximum Gasteiger partial charge on any atom is 0.339 e. The van der Waals surface area contributed by atoms with Gasteiger partial charge in [0.25, 0.3) is 5.56 Å². The van der Waals surface area contributed by atoms with Crippen molar-refractivity contribution in [3.05, 3.63) is 57.3 Å². The van der Waals surface area contributed by atoms with Gasteiger partial charge in [-0.3, -0.25) is 4.79 Å². The van der Waals surface area contributed by atoms with Crippen LogP contribution in [0.3, 0.4) is 0 Å². The number of anilines is 1. The van der Waals surface area contributed by atoms with Gasteiger partial charge in [0.1, 0.15) is 0 Å². The lowest BCUT2D eigenvalue weighted by atomic mass is 9.87. The molecular formula is C30H35FN2O6. The number of fused-ring (bicyclic) bond motifs is 2. The summed E-state index contributed by atoms with van der Waals surface area (Å²) < 4.78 is 34.0. The molecule has 2 aliphatic rings. The number of halogens is 1. The van der Waals surface area contributed by atoms with Gasteiger partial charge in [0.05, 0.1) is 31.1 Å². The van der Waals surface area contributed by atoms with E-state index in [0.29, 0.717) is 61.2 Å². The smallest absolute Gasteiger partial charge is 0.339 e. The first-order valence-electron chi connectivity index (χ1n) is 13.3. The standard InChI is InChI=1S/C30H35FN2O6/c1-17-19-7-6-12-38-26(19)23(31)16-21(17)24-20-9-8-18(33-10-13-37-14-11-33)15-22(20)28(34)32(5)25(24)27(29(35)36)39-30(2,3)4/h8-9,15-16,27H,6-7,10-14H2,1-5H3,(H,35,36)/t27-/m0/s1. The van der Waals surface area contributed by atoms with Crippen molar-refractivity contribution >= 4 is 22.4 Å². The van der Waals surface area contributed by atoms with Crippen molar-refractivity contribution in [2.75, 3.05) is 37.8 Å². The molecule has 9 heteroatoms. The van der Waals surface area contributed by atoms with Gasteiger partial charge < -0.3 is 28.8 Å². The van der Waals surface area contributed by atoms with Crippen LogP contribution in [0, 0.1) is 12.7 Å². The molecule has 2 aromatic carbocycles. The van der Waals surface area contributed by atoms with E-state index >= 15 is 4.39 Å². The lowest BCUT2D eigenvalue weighted by molar-refractivity contribution is -0.161. The molecule has 3 aromatic rings. The summed E-state index contributed by atoms with van der Waals surface area (Å²) >= 11 is 0. The van der Waals surface area contributed by atoms with Crippen molar-refractivity contribution in [3.8, 4) is 16.9 Å². The number of carbonyl (C=O) groups is 1. The predicted octanol–water partition coefficient (Wildman–Crippen LogP) is 4.76. The van der Waals surface area contributed by atoms with Crippen LogP contribution < -0.4 is 15.2 Å². The highest BCUT2D eigenvalue weighted by Gasteiger charge is 2.34. The molecule has 0 radical (unpaired) electrons. The number of hydrogen-bond acceptors (Lipinski definition) is 6. The zero-order chi connectivity index (χ0) is 28.1. The maximum absolute atomic E-state index is 15.5. The van der Waals surface area contributed by atoms with Crippen LogP contribution in [0.5, 0.6) is 5.75 Å². The van der Waals surface area contributed by atoms with Crippen LogP contribution in [-0.4, -0.2) is 54.2 Å². The molecule has 1 fully saturated rings. The van der Waals surface area contributed by atoms with E-state index in [2.05, 4.69) is 4.90 Å². The summed E-state index contributed by atoms with van der Waals surface area (Å²) in [6, 6.07) is 7.00. The van der Waals surface area contributed by atoms with Gasteiger partial charge in [-0.25, -0.2) is 9.18 Å². The lowest BCUT2D eigenvalue weighted by Crippen LogP contribution is -2.36. The number of carboxylic acids is 1. The molecule has 208 valence electrons. The number of nitrogens with zero attached hydrogens (tertiary/aromatic N) is 2. The number of benzene rings is 2. The third kappa shape index (κ3) is 5.01. The Kier molecular flexibility index (Phi) is 7.15. The van der Waals surface area contributed by atoms with Gasteiger partial charge in [0.2, 0.25) is 0 Å². The molecule has 0 amide bonds. The molecule has 39 heavy (non-hydrogen) atoms. The predicted molar refractivity (Wildman–Crippen MR) is 147 cm³/mol. The molecule has 1 aromatic heterocycles. The van der Waals surface area contributed by atoms with Gasteiger partial charge in [-0.05, 0) is 75.2 Å². The number of aliphatic carboxylic acids is 1. The van der Waals surface area contributed by atoms with Gasteiger partial charge in [-0.15, -0.1) is 0 Å². The van der Waals surface area contributed by atoms with Gasteiger partial charge in [-0.2, -0.15) is 0 Å². The quantitative estimate of drug-likeness (QED) is 0.501. The van der Waals surface area contributed by atoms with Gasteiger partial charge in [0, 0.05) is 42.3 Å². The first kappa shape index (κ1) is 27.1. The minimum Gasteiger partial charge on any atom is -0.490 e. The van der Waals surface area contributed by atoms with Crippen LogP contribution in [0.1, 0.15) is 50.1 Å². The molecule has 0 aliphatic carbocycles. The normalized spacial score (nSPS) is 16.6. The van der Waals surface area contributed by atoms with Crippen LogP contribution in [0.2, 0.25) is 0 Å². The molecule has 1 N–H and O–H groups in total. The highest BCUT2D eigenvalue weighted by atomic mass is 19.1.